The number of anilines is 1. The summed E-state index contributed by atoms with van der Waals surface area (Å²) in [5.41, 5.74) is 1.62. The van der Waals surface area contributed by atoms with Crippen molar-refractivity contribution in [3.05, 3.63) is 29.8 Å². The van der Waals surface area contributed by atoms with Crippen LogP contribution in [0.4, 0.5) is 5.69 Å². The fourth-order valence-corrected chi connectivity index (χ4v) is 2.18. The third kappa shape index (κ3) is 3.95. The topological polar surface area (TPSA) is 29.5 Å². The van der Waals surface area contributed by atoms with Crippen molar-refractivity contribution in [2.24, 2.45) is 0 Å². The molecule has 0 bridgehead atoms. The zero-order chi connectivity index (χ0) is 13.4. The van der Waals surface area contributed by atoms with E-state index in [-0.39, 0.29) is 5.97 Å². The monoisotopic (exact) mass is 267 g/mol. The molecule has 0 heterocycles. The number of ether oxygens (including phenoxy) is 1. The molecule has 0 unspecified atom stereocenters. The van der Waals surface area contributed by atoms with Gasteiger partial charge in [0.05, 0.1) is 17.9 Å². The van der Waals surface area contributed by atoms with Crippen LogP contribution in [-0.2, 0) is 4.74 Å². The van der Waals surface area contributed by atoms with Crippen molar-refractivity contribution in [1.82, 2.24) is 0 Å². The number of thioether (sulfide) groups is 1. The first-order valence-electron chi connectivity index (χ1n) is 6.24. The molecule has 0 spiro atoms. The van der Waals surface area contributed by atoms with Gasteiger partial charge >= 0.3 is 5.97 Å². The Morgan fingerprint density at radius 2 is 2.06 bits per heavy atom. The Morgan fingerprint density at radius 1 is 1.33 bits per heavy atom. The van der Waals surface area contributed by atoms with Crippen LogP contribution in [0.3, 0.4) is 0 Å². The van der Waals surface area contributed by atoms with Gasteiger partial charge in [-0.25, -0.2) is 4.79 Å². The van der Waals surface area contributed by atoms with Gasteiger partial charge in [0.2, 0.25) is 0 Å². The van der Waals surface area contributed by atoms with Gasteiger partial charge in [0.15, 0.2) is 0 Å². The van der Waals surface area contributed by atoms with E-state index in [2.05, 4.69) is 18.1 Å². The van der Waals surface area contributed by atoms with Gasteiger partial charge < -0.3 is 9.64 Å². The standard InChI is InChI=1S/C14H21NO2S/c1-4-15(10-11-18-3)13-9-7-6-8-12(13)14(16)17-5-2/h6-9H,4-5,10-11H2,1-3H3. The number of esters is 1. The van der Waals surface area contributed by atoms with Crippen LogP contribution in [0.25, 0.3) is 0 Å². The largest absolute Gasteiger partial charge is 0.462 e. The molecule has 0 aliphatic carbocycles. The molecule has 4 heteroatoms. The SMILES string of the molecule is CCOC(=O)c1ccccc1N(CC)CCSC. The molecule has 0 fully saturated rings. The molecule has 0 radical (unpaired) electrons. The van der Waals surface area contributed by atoms with Gasteiger partial charge in [-0.05, 0) is 32.2 Å². The predicted molar refractivity (Wildman–Crippen MR) is 78.7 cm³/mol. The molecule has 0 saturated carbocycles. The molecule has 0 aliphatic heterocycles. The summed E-state index contributed by atoms with van der Waals surface area (Å²) in [4.78, 5) is 14.1. The first-order chi connectivity index (χ1) is 8.74. The van der Waals surface area contributed by atoms with Gasteiger partial charge in [0.1, 0.15) is 0 Å². The van der Waals surface area contributed by atoms with Crippen molar-refractivity contribution in [2.75, 3.05) is 36.6 Å². The number of hydrogen-bond acceptors (Lipinski definition) is 4. The van der Waals surface area contributed by atoms with Crippen LogP contribution in [0.5, 0.6) is 0 Å². The minimum Gasteiger partial charge on any atom is -0.462 e. The first-order valence-corrected chi connectivity index (χ1v) is 7.64. The maximum atomic E-state index is 11.9. The average Bonchev–Trinajstić information content (AvgIpc) is 2.40. The normalized spacial score (nSPS) is 10.2. The second-order valence-corrected chi connectivity index (χ2v) is 4.80. The van der Waals surface area contributed by atoms with E-state index >= 15 is 0 Å². The lowest BCUT2D eigenvalue weighted by Crippen LogP contribution is -2.27. The fraction of sp³-hybridized carbons (Fsp3) is 0.500. The summed E-state index contributed by atoms with van der Waals surface area (Å²) >= 11 is 1.81. The number of nitrogens with zero attached hydrogens (tertiary/aromatic N) is 1. The third-order valence-electron chi connectivity index (χ3n) is 2.69. The zero-order valence-corrected chi connectivity index (χ0v) is 12.1. The van der Waals surface area contributed by atoms with E-state index < -0.39 is 0 Å². The number of carbonyl (C=O) groups is 1. The average molecular weight is 267 g/mol. The number of benzene rings is 1. The van der Waals surface area contributed by atoms with Crippen molar-refractivity contribution < 1.29 is 9.53 Å². The number of hydrogen-bond donors (Lipinski definition) is 0. The number of rotatable bonds is 7. The van der Waals surface area contributed by atoms with Crippen molar-refractivity contribution in [1.29, 1.82) is 0 Å². The quantitative estimate of drug-likeness (QED) is 0.710. The molecular formula is C14H21NO2S. The summed E-state index contributed by atoms with van der Waals surface area (Å²) in [5, 5.41) is 0. The van der Waals surface area contributed by atoms with E-state index in [0.717, 1.165) is 24.5 Å². The fourth-order valence-electron chi connectivity index (χ4n) is 1.78. The Labute approximate surface area is 114 Å². The lowest BCUT2D eigenvalue weighted by atomic mass is 10.1. The van der Waals surface area contributed by atoms with Gasteiger partial charge in [0.25, 0.3) is 0 Å². The molecule has 1 aromatic rings. The highest BCUT2D eigenvalue weighted by Gasteiger charge is 2.15. The van der Waals surface area contributed by atoms with Crippen LogP contribution in [0.15, 0.2) is 24.3 Å². The summed E-state index contributed by atoms with van der Waals surface area (Å²) in [7, 11) is 0. The molecule has 0 aromatic heterocycles. The molecule has 0 N–H and O–H groups in total. The van der Waals surface area contributed by atoms with Gasteiger partial charge in [-0.2, -0.15) is 11.8 Å². The van der Waals surface area contributed by atoms with Gasteiger partial charge in [0, 0.05) is 18.8 Å². The van der Waals surface area contributed by atoms with Crippen molar-refractivity contribution in [3.63, 3.8) is 0 Å². The van der Waals surface area contributed by atoms with E-state index in [4.69, 9.17) is 4.74 Å². The number of para-hydroxylation sites is 1. The Balaban J connectivity index is 2.95. The van der Waals surface area contributed by atoms with Crippen LogP contribution in [0.2, 0.25) is 0 Å². The molecular weight excluding hydrogens is 246 g/mol. The van der Waals surface area contributed by atoms with Crippen LogP contribution in [-0.4, -0.2) is 37.7 Å². The molecule has 3 nitrogen and oxygen atoms in total. The van der Waals surface area contributed by atoms with Crippen LogP contribution < -0.4 is 4.90 Å². The zero-order valence-electron chi connectivity index (χ0n) is 11.3. The van der Waals surface area contributed by atoms with Crippen molar-refractivity contribution in [3.8, 4) is 0 Å². The second-order valence-electron chi connectivity index (χ2n) is 3.81. The first kappa shape index (κ1) is 14.9. The molecule has 18 heavy (non-hydrogen) atoms. The van der Waals surface area contributed by atoms with E-state index in [9.17, 15) is 4.79 Å². The molecule has 1 aromatic carbocycles. The predicted octanol–water partition coefficient (Wildman–Crippen LogP) is 3.05. The number of carbonyl (C=O) groups excluding carboxylic acids is 1. The minimum absolute atomic E-state index is 0.240. The molecule has 0 aliphatic rings. The lowest BCUT2D eigenvalue weighted by Gasteiger charge is -2.24. The van der Waals surface area contributed by atoms with Gasteiger partial charge in [-0.3, -0.25) is 0 Å². The molecule has 0 amide bonds. The minimum atomic E-state index is -0.240. The summed E-state index contributed by atoms with van der Waals surface area (Å²) in [6, 6.07) is 7.64. The molecule has 1 rings (SSSR count). The maximum Gasteiger partial charge on any atom is 0.340 e. The van der Waals surface area contributed by atoms with E-state index in [1.807, 2.05) is 31.2 Å². The van der Waals surface area contributed by atoms with Crippen LogP contribution in [0, 0.1) is 0 Å². The summed E-state index contributed by atoms with van der Waals surface area (Å²) < 4.78 is 5.10. The van der Waals surface area contributed by atoms with Crippen molar-refractivity contribution >= 4 is 23.4 Å². The summed E-state index contributed by atoms with van der Waals surface area (Å²) in [5.74, 6) is 0.807. The van der Waals surface area contributed by atoms with Crippen LogP contribution >= 0.6 is 11.8 Å². The summed E-state index contributed by atoms with van der Waals surface area (Å²) in [6.07, 6.45) is 2.09. The smallest absolute Gasteiger partial charge is 0.340 e. The summed E-state index contributed by atoms with van der Waals surface area (Å²) in [6.45, 7) is 6.16. The van der Waals surface area contributed by atoms with E-state index in [0.29, 0.717) is 12.2 Å². The third-order valence-corrected chi connectivity index (χ3v) is 3.28. The lowest BCUT2D eigenvalue weighted by molar-refractivity contribution is 0.0527. The van der Waals surface area contributed by atoms with E-state index in [1.165, 1.54) is 0 Å². The Kier molecular flexibility index (Phi) is 6.65. The Hall–Kier alpha value is -1.16. The molecule has 100 valence electrons. The molecule has 0 atom stereocenters. The highest BCUT2D eigenvalue weighted by molar-refractivity contribution is 7.98. The second kappa shape index (κ2) is 8.03. The molecule has 0 saturated heterocycles. The van der Waals surface area contributed by atoms with Gasteiger partial charge in [-0.1, -0.05) is 12.1 Å². The maximum absolute atomic E-state index is 11.9. The Morgan fingerprint density at radius 3 is 2.67 bits per heavy atom. The van der Waals surface area contributed by atoms with E-state index in [1.54, 1.807) is 11.8 Å². The van der Waals surface area contributed by atoms with Gasteiger partial charge in [-0.15, -0.1) is 0 Å². The van der Waals surface area contributed by atoms with Crippen LogP contribution in [0.1, 0.15) is 24.2 Å². The highest BCUT2D eigenvalue weighted by Crippen LogP contribution is 2.21. The highest BCUT2D eigenvalue weighted by atomic mass is 32.2. The van der Waals surface area contributed by atoms with Crippen molar-refractivity contribution in [2.45, 2.75) is 13.8 Å². The Bertz CT molecular complexity index is 382.